The van der Waals surface area contributed by atoms with Crippen LogP contribution in [0.15, 0.2) is 24.3 Å². The van der Waals surface area contributed by atoms with Crippen LogP contribution in [0.4, 0.5) is 0 Å². The van der Waals surface area contributed by atoms with E-state index in [2.05, 4.69) is 38.1 Å². The third-order valence-corrected chi connectivity index (χ3v) is 4.07. The standard InChI is InChI=1S/C15H23N/c1-3-12-4-6-13(7-5-12)10-15(2,11-16)14-8-9-14/h4-7,14H,3,8-11,16H2,1-2H3. The highest BCUT2D eigenvalue weighted by atomic mass is 14.6. The van der Waals surface area contributed by atoms with E-state index >= 15 is 0 Å². The molecule has 88 valence electrons. The van der Waals surface area contributed by atoms with Crippen LogP contribution in [-0.4, -0.2) is 6.54 Å². The van der Waals surface area contributed by atoms with Gasteiger partial charge < -0.3 is 5.73 Å². The van der Waals surface area contributed by atoms with Gasteiger partial charge in [0.2, 0.25) is 0 Å². The van der Waals surface area contributed by atoms with E-state index in [-0.39, 0.29) is 0 Å². The van der Waals surface area contributed by atoms with Crippen molar-refractivity contribution < 1.29 is 0 Å². The zero-order valence-electron chi connectivity index (χ0n) is 10.5. The minimum Gasteiger partial charge on any atom is -0.330 e. The van der Waals surface area contributed by atoms with Gasteiger partial charge in [0, 0.05) is 0 Å². The lowest BCUT2D eigenvalue weighted by atomic mass is 9.79. The smallest absolute Gasteiger partial charge is 0.00173 e. The highest BCUT2D eigenvalue weighted by Crippen LogP contribution is 2.46. The number of hydrogen-bond donors (Lipinski definition) is 1. The second-order valence-electron chi connectivity index (χ2n) is 5.48. The van der Waals surface area contributed by atoms with Gasteiger partial charge in [-0.1, -0.05) is 38.1 Å². The van der Waals surface area contributed by atoms with Gasteiger partial charge in [0.25, 0.3) is 0 Å². The first-order chi connectivity index (χ1) is 7.68. The normalized spacial score (nSPS) is 19.4. The van der Waals surface area contributed by atoms with E-state index in [1.54, 1.807) is 0 Å². The molecule has 0 radical (unpaired) electrons. The Morgan fingerprint density at radius 3 is 2.19 bits per heavy atom. The van der Waals surface area contributed by atoms with E-state index in [1.165, 1.54) is 24.0 Å². The molecule has 1 atom stereocenters. The summed E-state index contributed by atoms with van der Waals surface area (Å²) in [6.45, 7) is 5.36. The Hall–Kier alpha value is -0.820. The van der Waals surface area contributed by atoms with Crippen LogP contribution in [0.2, 0.25) is 0 Å². The second kappa shape index (κ2) is 4.58. The number of hydrogen-bond acceptors (Lipinski definition) is 1. The highest BCUT2D eigenvalue weighted by molar-refractivity contribution is 5.24. The fraction of sp³-hybridized carbons (Fsp3) is 0.600. The Morgan fingerprint density at radius 1 is 1.19 bits per heavy atom. The molecule has 0 spiro atoms. The largest absolute Gasteiger partial charge is 0.330 e. The van der Waals surface area contributed by atoms with Gasteiger partial charge in [-0.3, -0.25) is 0 Å². The van der Waals surface area contributed by atoms with Gasteiger partial charge in [-0.25, -0.2) is 0 Å². The first-order valence-corrected chi connectivity index (χ1v) is 6.46. The molecule has 1 heteroatoms. The molecule has 0 aromatic heterocycles. The van der Waals surface area contributed by atoms with E-state index in [0.717, 1.165) is 25.3 Å². The zero-order valence-corrected chi connectivity index (χ0v) is 10.5. The number of nitrogens with two attached hydrogens (primary N) is 1. The van der Waals surface area contributed by atoms with Crippen molar-refractivity contribution in [3.8, 4) is 0 Å². The molecule has 0 bridgehead atoms. The number of rotatable bonds is 5. The molecule has 2 N–H and O–H groups in total. The lowest BCUT2D eigenvalue weighted by Gasteiger charge is -2.28. The van der Waals surface area contributed by atoms with Crippen LogP contribution in [0.25, 0.3) is 0 Å². The maximum atomic E-state index is 5.95. The Bertz CT molecular complexity index is 337. The van der Waals surface area contributed by atoms with E-state index in [1.807, 2.05) is 0 Å². The molecule has 1 aliphatic rings. The summed E-state index contributed by atoms with van der Waals surface area (Å²) in [7, 11) is 0. The molecule has 1 aliphatic carbocycles. The minimum absolute atomic E-state index is 0.327. The predicted octanol–water partition coefficient (Wildman–Crippen LogP) is 3.17. The monoisotopic (exact) mass is 217 g/mol. The van der Waals surface area contributed by atoms with Crippen LogP contribution in [0.5, 0.6) is 0 Å². The molecule has 1 nitrogen and oxygen atoms in total. The SMILES string of the molecule is CCc1ccc(CC(C)(CN)C2CC2)cc1. The van der Waals surface area contributed by atoms with Crippen molar-refractivity contribution in [3.05, 3.63) is 35.4 Å². The van der Waals surface area contributed by atoms with Crippen LogP contribution in [-0.2, 0) is 12.8 Å². The molecular weight excluding hydrogens is 194 g/mol. The minimum atomic E-state index is 0.327. The summed E-state index contributed by atoms with van der Waals surface area (Å²) in [5.41, 5.74) is 9.14. The fourth-order valence-electron chi connectivity index (χ4n) is 2.52. The molecule has 0 heterocycles. The average molecular weight is 217 g/mol. The van der Waals surface area contributed by atoms with Crippen LogP contribution in [0, 0.1) is 11.3 Å². The van der Waals surface area contributed by atoms with Gasteiger partial charge in [0.05, 0.1) is 0 Å². The molecule has 1 fully saturated rings. The Balaban J connectivity index is 2.06. The first kappa shape index (κ1) is 11.7. The van der Waals surface area contributed by atoms with E-state index in [0.29, 0.717) is 5.41 Å². The molecular formula is C15H23N. The van der Waals surface area contributed by atoms with Gasteiger partial charge in [-0.05, 0) is 54.7 Å². The lowest BCUT2D eigenvalue weighted by Crippen LogP contribution is -2.31. The molecule has 1 saturated carbocycles. The number of aryl methyl sites for hydroxylation is 1. The Labute approximate surface area is 99.0 Å². The van der Waals surface area contributed by atoms with E-state index < -0.39 is 0 Å². The first-order valence-electron chi connectivity index (χ1n) is 6.46. The molecule has 16 heavy (non-hydrogen) atoms. The summed E-state index contributed by atoms with van der Waals surface area (Å²) in [5, 5.41) is 0. The fourth-order valence-corrected chi connectivity index (χ4v) is 2.52. The van der Waals surface area contributed by atoms with Crippen molar-refractivity contribution in [2.45, 2.75) is 39.5 Å². The van der Waals surface area contributed by atoms with Crippen LogP contribution in [0.1, 0.15) is 37.8 Å². The topological polar surface area (TPSA) is 26.0 Å². The molecule has 0 saturated heterocycles. The summed E-state index contributed by atoms with van der Waals surface area (Å²) in [5.74, 6) is 0.864. The lowest BCUT2D eigenvalue weighted by molar-refractivity contribution is 0.282. The van der Waals surface area contributed by atoms with Crippen molar-refractivity contribution in [2.75, 3.05) is 6.54 Å². The Kier molecular flexibility index (Phi) is 3.34. The van der Waals surface area contributed by atoms with Crippen LogP contribution in [0.3, 0.4) is 0 Å². The summed E-state index contributed by atoms with van der Waals surface area (Å²) in [6, 6.07) is 9.04. The summed E-state index contributed by atoms with van der Waals surface area (Å²) in [4.78, 5) is 0. The summed E-state index contributed by atoms with van der Waals surface area (Å²) >= 11 is 0. The van der Waals surface area contributed by atoms with E-state index in [9.17, 15) is 0 Å². The van der Waals surface area contributed by atoms with E-state index in [4.69, 9.17) is 5.73 Å². The molecule has 1 aromatic rings. The molecule has 0 amide bonds. The molecule has 0 aliphatic heterocycles. The van der Waals surface area contributed by atoms with Crippen molar-refractivity contribution in [3.63, 3.8) is 0 Å². The third kappa shape index (κ3) is 2.46. The summed E-state index contributed by atoms with van der Waals surface area (Å²) < 4.78 is 0. The van der Waals surface area contributed by atoms with Gasteiger partial charge in [0.1, 0.15) is 0 Å². The van der Waals surface area contributed by atoms with Gasteiger partial charge in [-0.15, -0.1) is 0 Å². The predicted molar refractivity (Wildman–Crippen MR) is 69.4 cm³/mol. The molecule has 1 aromatic carbocycles. The van der Waals surface area contributed by atoms with Crippen LogP contribution >= 0.6 is 0 Å². The third-order valence-electron chi connectivity index (χ3n) is 4.07. The van der Waals surface area contributed by atoms with Crippen molar-refractivity contribution in [1.29, 1.82) is 0 Å². The van der Waals surface area contributed by atoms with Gasteiger partial charge in [-0.2, -0.15) is 0 Å². The van der Waals surface area contributed by atoms with Crippen LogP contribution < -0.4 is 5.73 Å². The molecule has 2 rings (SSSR count). The maximum absolute atomic E-state index is 5.95. The van der Waals surface area contributed by atoms with Crippen molar-refractivity contribution in [1.82, 2.24) is 0 Å². The highest BCUT2D eigenvalue weighted by Gasteiger charge is 2.40. The quantitative estimate of drug-likeness (QED) is 0.805. The van der Waals surface area contributed by atoms with Crippen molar-refractivity contribution in [2.24, 2.45) is 17.1 Å². The Morgan fingerprint density at radius 2 is 1.75 bits per heavy atom. The second-order valence-corrected chi connectivity index (χ2v) is 5.48. The van der Waals surface area contributed by atoms with Crippen molar-refractivity contribution >= 4 is 0 Å². The summed E-state index contributed by atoms with van der Waals surface area (Å²) in [6.07, 6.45) is 5.01. The molecule has 1 unspecified atom stereocenters. The maximum Gasteiger partial charge on any atom is -0.00173 e. The zero-order chi connectivity index (χ0) is 11.6. The van der Waals surface area contributed by atoms with Gasteiger partial charge >= 0.3 is 0 Å². The average Bonchev–Trinajstić information content (AvgIpc) is 3.14. The number of benzene rings is 1. The van der Waals surface area contributed by atoms with Gasteiger partial charge in [0.15, 0.2) is 0 Å².